The average molecular weight is 151 g/mol. The smallest absolute Gasteiger partial charge is 0.0101 e. The molecular weight excluding hydrogens is 134 g/mol. The van der Waals surface area contributed by atoms with Gasteiger partial charge in [-0.3, -0.25) is 0 Å². The molecule has 0 heterocycles. The van der Waals surface area contributed by atoms with Gasteiger partial charge in [-0.25, -0.2) is 0 Å². The first kappa shape index (κ1) is 8.62. The van der Waals surface area contributed by atoms with Crippen LogP contribution < -0.4 is 5.32 Å². The van der Waals surface area contributed by atoms with Crippen LogP contribution in [0.5, 0.6) is 0 Å². The molecule has 1 N–H and O–H groups in total. The van der Waals surface area contributed by atoms with Gasteiger partial charge >= 0.3 is 0 Å². The van der Waals surface area contributed by atoms with E-state index in [-0.39, 0.29) is 0 Å². The van der Waals surface area contributed by atoms with Crippen molar-refractivity contribution >= 4 is 0 Å². The van der Waals surface area contributed by atoms with Crippen molar-refractivity contribution in [3.05, 3.63) is 0 Å². The summed E-state index contributed by atoms with van der Waals surface area (Å²) in [5.74, 6) is 3.69. The van der Waals surface area contributed by atoms with Gasteiger partial charge in [-0.05, 0) is 25.8 Å². The van der Waals surface area contributed by atoms with Crippen molar-refractivity contribution in [1.82, 2.24) is 5.32 Å². The molecule has 1 unspecified atom stereocenters. The van der Waals surface area contributed by atoms with Crippen LogP contribution in [0.15, 0.2) is 0 Å². The highest BCUT2D eigenvalue weighted by molar-refractivity contribution is 4.87. The molecule has 1 nitrogen and oxygen atoms in total. The maximum Gasteiger partial charge on any atom is 0.0101 e. The second-order valence-corrected chi connectivity index (χ2v) is 3.41. The van der Waals surface area contributed by atoms with E-state index in [1.54, 1.807) is 0 Å². The maximum absolute atomic E-state index is 5.20. The lowest BCUT2D eigenvalue weighted by atomic mass is 10.1. The monoisotopic (exact) mass is 151 g/mol. The molecule has 11 heavy (non-hydrogen) atoms. The molecule has 0 aromatic rings. The third kappa shape index (κ3) is 3.43. The summed E-state index contributed by atoms with van der Waals surface area (Å²) in [7, 11) is 2.03. The lowest BCUT2D eigenvalue weighted by Crippen LogP contribution is -2.25. The van der Waals surface area contributed by atoms with E-state index in [2.05, 4.69) is 11.2 Å². The Morgan fingerprint density at radius 1 is 1.64 bits per heavy atom. The van der Waals surface area contributed by atoms with Crippen molar-refractivity contribution in [2.24, 2.45) is 5.92 Å². The molecule has 1 saturated carbocycles. The Morgan fingerprint density at radius 2 is 2.36 bits per heavy atom. The average Bonchev–Trinajstić information content (AvgIpc) is 2.81. The Balaban J connectivity index is 2.08. The summed E-state index contributed by atoms with van der Waals surface area (Å²) in [5.41, 5.74) is 0. The molecule has 1 heteroatoms. The second-order valence-electron chi connectivity index (χ2n) is 3.41. The summed E-state index contributed by atoms with van der Waals surface area (Å²) in [4.78, 5) is 0. The zero-order chi connectivity index (χ0) is 8.10. The number of nitrogens with one attached hydrogen (secondary N) is 1. The maximum atomic E-state index is 5.20. The van der Waals surface area contributed by atoms with E-state index < -0.39 is 0 Å². The lowest BCUT2D eigenvalue weighted by Gasteiger charge is -2.13. The van der Waals surface area contributed by atoms with Crippen LogP contribution >= 0.6 is 0 Å². The molecular formula is C10H17N. The van der Waals surface area contributed by atoms with Crippen LogP contribution in [0, 0.1) is 18.3 Å². The quantitative estimate of drug-likeness (QED) is 0.591. The van der Waals surface area contributed by atoms with E-state index in [0.717, 1.165) is 18.8 Å². The van der Waals surface area contributed by atoms with Crippen LogP contribution in [0.3, 0.4) is 0 Å². The van der Waals surface area contributed by atoms with Gasteiger partial charge in [0.05, 0.1) is 0 Å². The van der Waals surface area contributed by atoms with Crippen molar-refractivity contribution in [3.63, 3.8) is 0 Å². The first-order valence-corrected chi connectivity index (χ1v) is 4.47. The van der Waals surface area contributed by atoms with Crippen LogP contribution in [0.4, 0.5) is 0 Å². The summed E-state index contributed by atoms with van der Waals surface area (Å²) in [5, 5.41) is 3.31. The first-order chi connectivity index (χ1) is 5.36. The van der Waals surface area contributed by atoms with Crippen molar-refractivity contribution in [2.45, 2.75) is 38.1 Å². The van der Waals surface area contributed by atoms with E-state index >= 15 is 0 Å². The van der Waals surface area contributed by atoms with Crippen LogP contribution in [-0.4, -0.2) is 13.1 Å². The molecule has 0 saturated heterocycles. The Kier molecular flexibility index (Phi) is 3.45. The largest absolute Gasteiger partial charge is 0.317 e. The van der Waals surface area contributed by atoms with Crippen molar-refractivity contribution in [2.75, 3.05) is 7.05 Å². The molecule has 1 fully saturated rings. The summed E-state index contributed by atoms with van der Waals surface area (Å²) in [6.07, 6.45) is 11.5. The van der Waals surface area contributed by atoms with E-state index in [0.29, 0.717) is 6.04 Å². The fourth-order valence-electron chi connectivity index (χ4n) is 1.39. The molecule has 1 aliphatic rings. The van der Waals surface area contributed by atoms with Gasteiger partial charge in [-0.15, -0.1) is 12.3 Å². The third-order valence-corrected chi connectivity index (χ3v) is 2.36. The number of rotatable bonds is 5. The predicted octanol–water partition coefficient (Wildman–Crippen LogP) is 1.79. The summed E-state index contributed by atoms with van der Waals surface area (Å²) in [6.45, 7) is 0. The first-order valence-electron chi connectivity index (χ1n) is 4.47. The highest BCUT2D eigenvalue weighted by atomic mass is 14.9. The summed E-state index contributed by atoms with van der Waals surface area (Å²) >= 11 is 0. The molecule has 1 aliphatic carbocycles. The minimum absolute atomic E-state index is 0.665. The van der Waals surface area contributed by atoms with E-state index in [1.807, 2.05) is 7.05 Å². The van der Waals surface area contributed by atoms with Crippen LogP contribution in [-0.2, 0) is 0 Å². The van der Waals surface area contributed by atoms with Gasteiger partial charge in [-0.1, -0.05) is 12.8 Å². The molecule has 0 bridgehead atoms. The molecule has 0 radical (unpaired) electrons. The molecule has 1 rings (SSSR count). The van der Waals surface area contributed by atoms with E-state index in [9.17, 15) is 0 Å². The van der Waals surface area contributed by atoms with Gasteiger partial charge in [0.1, 0.15) is 0 Å². The molecule has 62 valence electrons. The van der Waals surface area contributed by atoms with E-state index in [4.69, 9.17) is 6.42 Å². The molecule has 1 atom stereocenters. The van der Waals surface area contributed by atoms with Gasteiger partial charge in [-0.2, -0.15) is 0 Å². The summed E-state index contributed by atoms with van der Waals surface area (Å²) in [6, 6.07) is 0.665. The van der Waals surface area contributed by atoms with Gasteiger partial charge in [0.25, 0.3) is 0 Å². The lowest BCUT2D eigenvalue weighted by molar-refractivity contribution is 0.469. The van der Waals surface area contributed by atoms with Crippen molar-refractivity contribution in [3.8, 4) is 12.3 Å². The van der Waals surface area contributed by atoms with Crippen LogP contribution in [0.25, 0.3) is 0 Å². The number of hydrogen-bond acceptors (Lipinski definition) is 1. The van der Waals surface area contributed by atoms with Gasteiger partial charge < -0.3 is 5.32 Å². The second kappa shape index (κ2) is 4.41. The minimum Gasteiger partial charge on any atom is -0.317 e. The van der Waals surface area contributed by atoms with Gasteiger partial charge in [0.2, 0.25) is 0 Å². The molecule has 0 aromatic heterocycles. The Hall–Kier alpha value is -0.480. The third-order valence-electron chi connectivity index (χ3n) is 2.36. The Labute approximate surface area is 69.6 Å². The Bertz CT molecular complexity index is 141. The molecule has 0 spiro atoms. The van der Waals surface area contributed by atoms with Crippen LogP contribution in [0.1, 0.15) is 32.1 Å². The van der Waals surface area contributed by atoms with Gasteiger partial charge in [0, 0.05) is 12.5 Å². The highest BCUT2D eigenvalue weighted by Gasteiger charge is 2.24. The fourth-order valence-corrected chi connectivity index (χ4v) is 1.39. The topological polar surface area (TPSA) is 12.0 Å². The Morgan fingerprint density at radius 3 is 2.82 bits per heavy atom. The zero-order valence-electron chi connectivity index (χ0n) is 7.27. The molecule has 0 aromatic carbocycles. The number of hydrogen-bond donors (Lipinski definition) is 1. The van der Waals surface area contributed by atoms with E-state index in [1.165, 1.54) is 19.3 Å². The fraction of sp³-hybridized carbons (Fsp3) is 0.800. The van der Waals surface area contributed by atoms with Crippen molar-refractivity contribution in [1.29, 1.82) is 0 Å². The van der Waals surface area contributed by atoms with Crippen molar-refractivity contribution < 1.29 is 0 Å². The zero-order valence-corrected chi connectivity index (χ0v) is 7.27. The highest BCUT2D eigenvalue weighted by Crippen LogP contribution is 2.34. The molecule has 0 aliphatic heterocycles. The van der Waals surface area contributed by atoms with Crippen LogP contribution in [0.2, 0.25) is 0 Å². The normalized spacial score (nSPS) is 19.3. The number of terminal acetylenes is 1. The minimum atomic E-state index is 0.665. The molecule has 0 amide bonds. The van der Waals surface area contributed by atoms with Gasteiger partial charge in [0.15, 0.2) is 0 Å². The SMILES string of the molecule is C#CCCC(CC1CC1)NC. The standard InChI is InChI=1S/C10H17N/c1-3-4-5-10(11-2)8-9-6-7-9/h1,9-11H,4-8H2,2H3. The summed E-state index contributed by atoms with van der Waals surface area (Å²) < 4.78 is 0. The predicted molar refractivity (Wildman–Crippen MR) is 48.3 cm³/mol.